The number of ether oxygens (including phenoxy) is 1. The molecule has 6 nitrogen and oxygen atoms in total. The van der Waals surface area contributed by atoms with Gasteiger partial charge in [-0.3, -0.25) is 4.79 Å². The first-order valence-electron chi connectivity index (χ1n) is 7.28. The number of nitrogens with two attached hydrogens (primary N) is 1. The molecular formula is C15H18N4O2S. The van der Waals surface area contributed by atoms with Crippen molar-refractivity contribution in [3.05, 3.63) is 34.8 Å². The van der Waals surface area contributed by atoms with Crippen LogP contribution in [0.2, 0.25) is 0 Å². The first-order valence-corrected chi connectivity index (χ1v) is 8.10. The van der Waals surface area contributed by atoms with Crippen LogP contribution < -0.4 is 15.8 Å². The fraction of sp³-hybridized carbons (Fsp3) is 0.400. The molecule has 0 radical (unpaired) electrons. The largest absolute Gasteiger partial charge is 0.493 e. The fourth-order valence-electron chi connectivity index (χ4n) is 2.52. The van der Waals surface area contributed by atoms with E-state index in [0.717, 1.165) is 22.7 Å². The number of rotatable bonds is 4. The molecule has 22 heavy (non-hydrogen) atoms. The lowest BCUT2D eigenvalue weighted by atomic mass is 9.96. The summed E-state index contributed by atoms with van der Waals surface area (Å²) < 4.78 is 5.69. The Morgan fingerprint density at radius 1 is 1.41 bits per heavy atom. The first-order chi connectivity index (χ1) is 10.7. The molecule has 1 amide bonds. The van der Waals surface area contributed by atoms with Crippen molar-refractivity contribution in [2.24, 2.45) is 5.92 Å². The maximum atomic E-state index is 12.3. The lowest BCUT2D eigenvalue weighted by Crippen LogP contribution is -2.33. The third-order valence-electron chi connectivity index (χ3n) is 3.65. The number of hydrogen-bond donors (Lipinski definition) is 2. The highest BCUT2D eigenvalue weighted by Crippen LogP contribution is 2.26. The number of carbonyl (C=O) groups excluding carboxylic acids is 1. The van der Waals surface area contributed by atoms with E-state index in [1.165, 1.54) is 11.3 Å². The molecule has 2 heterocycles. The maximum Gasteiger partial charge on any atom is 0.223 e. The molecule has 1 aromatic carbocycles. The smallest absolute Gasteiger partial charge is 0.223 e. The maximum absolute atomic E-state index is 12.3. The minimum absolute atomic E-state index is 0.0526. The molecule has 0 saturated heterocycles. The van der Waals surface area contributed by atoms with Gasteiger partial charge in [-0.2, -0.15) is 0 Å². The number of nitrogens with one attached hydrogen (secondary N) is 1. The van der Waals surface area contributed by atoms with E-state index in [1.807, 2.05) is 24.3 Å². The number of fused-ring (bicyclic) bond motifs is 1. The third kappa shape index (κ3) is 3.54. The Balaban J connectivity index is 1.54. The van der Waals surface area contributed by atoms with Crippen LogP contribution in [-0.2, 0) is 17.6 Å². The van der Waals surface area contributed by atoms with Gasteiger partial charge in [0.25, 0.3) is 0 Å². The second-order valence-corrected chi connectivity index (χ2v) is 6.31. The van der Waals surface area contributed by atoms with Crippen LogP contribution in [0.25, 0.3) is 0 Å². The minimum Gasteiger partial charge on any atom is -0.493 e. The summed E-state index contributed by atoms with van der Waals surface area (Å²) in [7, 11) is 0. The number of aromatic nitrogens is 2. The Morgan fingerprint density at radius 3 is 3.09 bits per heavy atom. The van der Waals surface area contributed by atoms with Crippen molar-refractivity contribution >= 4 is 22.4 Å². The lowest BCUT2D eigenvalue weighted by Gasteiger charge is -2.13. The highest BCUT2D eigenvalue weighted by molar-refractivity contribution is 7.15. The Labute approximate surface area is 132 Å². The van der Waals surface area contributed by atoms with E-state index in [0.29, 0.717) is 31.1 Å². The predicted octanol–water partition coefficient (Wildman–Crippen LogP) is 1.42. The van der Waals surface area contributed by atoms with Gasteiger partial charge in [-0.25, -0.2) is 0 Å². The summed E-state index contributed by atoms with van der Waals surface area (Å²) in [6.07, 6.45) is 2.10. The molecule has 1 aliphatic heterocycles. The van der Waals surface area contributed by atoms with Crippen LogP contribution in [0, 0.1) is 5.92 Å². The topological polar surface area (TPSA) is 90.1 Å². The summed E-state index contributed by atoms with van der Waals surface area (Å²) in [6, 6.07) is 7.90. The van der Waals surface area contributed by atoms with Crippen molar-refractivity contribution in [3.63, 3.8) is 0 Å². The number of carbonyl (C=O) groups is 1. The van der Waals surface area contributed by atoms with Crippen molar-refractivity contribution in [1.29, 1.82) is 0 Å². The third-order valence-corrected chi connectivity index (χ3v) is 4.47. The summed E-state index contributed by atoms with van der Waals surface area (Å²) in [6.45, 7) is 1.12. The zero-order valence-electron chi connectivity index (χ0n) is 12.1. The predicted molar refractivity (Wildman–Crippen MR) is 84.8 cm³/mol. The molecule has 1 aliphatic rings. The summed E-state index contributed by atoms with van der Waals surface area (Å²) in [5.41, 5.74) is 6.63. The molecule has 0 saturated carbocycles. The van der Waals surface area contributed by atoms with E-state index in [1.54, 1.807) is 0 Å². The Hall–Kier alpha value is -2.15. The number of anilines is 1. The molecule has 116 valence electrons. The van der Waals surface area contributed by atoms with Crippen LogP contribution in [0.4, 0.5) is 5.13 Å². The van der Waals surface area contributed by atoms with Gasteiger partial charge in [0, 0.05) is 18.9 Å². The van der Waals surface area contributed by atoms with Gasteiger partial charge < -0.3 is 15.8 Å². The molecule has 1 atom stereocenters. The van der Waals surface area contributed by atoms with Crippen LogP contribution in [-0.4, -0.2) is 29.3 Å². The van der Waals surface area contributed by atoms with Crippen LogP contribution >= 0.6 is 11.3 Å². The van der Waals surface area contributed by atoms with E-state index in [-0.39, 0.29) is 11.8 Å². The van der Waals surface area contributed by atoms with Crippen molar-refractivity contribution in [3.8, 4) is 5.75 Å². The molecule has 1 aromatic heterocycles. The highest BCUT2D eigenvalue weighted by Gasteiger charge is 2.23. The quantitative estimate of drug-likeness (QED) is 0.890. The average Bonchev–Trinajstić information content (AvgIpc) is 2.81. The molecule has 0 fully saturated rings. The van der Waals surface area contributed by atoms with Crippen LogP contribution in [0.3, 0.4) is 0 Å². The SMILES string of the molecule is Nc1nnc(CCNC(=O)[C@@H]2CCOc3ccccc3C2)s1. The van der Waals surface area contributed by atoms with E-state index in [9.17, 15) is 4.79 Å². The molecule has 0 spiro atoms. The zero-order chi connectivity index (χ0) is 15.4. The number of amides is 1. The Kier molecular flexibility index (Phi) is 4.53. The molecule has 2 aromatic rings. The first kappa shape index (κ1) is 14.8. The number of para-hydroxylation sites is 1. The molecule has 0 aliphatic carbocycles. The lowest BCUT2D eigenvalue weighted by molar-refractivity contribution is -0.125. The monoisotopic (exact) mass is 318 g/mol. The van der Waals surface area contributed by atoms with Crippen molar-refractivity contribution in [2.75, 3.05) is 18.9 Å². The second-order valence-electron chi connectivity index (χ2n) is 5.22. The van der Waals surface area contributed by atoms with Gasteiger partial charge in [-0.05, 0) is 24.5 Å². The standard InChI is InChI=1S/C15H18N4O2S/c16-15-19-18-13(22-15)5-7-17-14(20)11-6-8-21-12-4-2-1-3-10(12)9-11/h1-4,11H,5-9H2,(H2,16,19)(H,17,20)/t11-/m1/s1. The summed E-state index contributed by atoms with van der Waals surface area (Å²) in [5, 5.41) is 12.0. The number of hydrogen-bond acceptors (Lipinski definition) is 6. The number of benzene rings is 1. The van der Waals surface area contributed by atoms with Crippen LogP contribution in [0.1, 0.15) is 17.0 Å². The second kappa shape index (κ2) is 6.74. The Bertz CT molecular complexity index is 658. The average molecular weight is 318 g/mol. The van der Waals surface area contributed by atoms with E-state index < -0.39 is 0 Å². The normalized spacial score (nSPS) is 17.2. The zero-order valence-corrected chi connectivity index (χ0v) is 12.9. The Morgan fingerprint density at radius 2 is 2.27 bits per heavy atom. The van der Waals surface area contributed by atoms with Crippen LogP contribution in [0.15, 0.2) is 24.3 Å². The van der Waals surface area contributed by atoms with Gasteiger partial charge in [-0.1, -0.05) is 29.5 Å². The van der Waals surface area contributed by atoms with E-state index in [4.69, 9.17) is 10.5 Å². The molecule has 7 heteroatoms. The van der Waals surface area contributed by atoms with Crippen LogP contribution in [0.5, 0.6) is 5.75 Å². The van der Waals surface area contributed by atoms with Crippen molar-refractivity contribution in [2.45, 2.75) is 19.3 Å². The van der Waals surface area contributed by atoms with Gasteiger partial charge in [0.15, 0.2) is 0 Å². The summed E-state index contributed by atoms with van der Waals surface area (Å²) in [4.78, 5) is 12.3. The van der Waals surface area contributed by atoms with Gasteiger partial charge in [0.1, 0.15) is 10.8 Å². The summed E-state index contributed by atoms with van der Waals surface area (Å²) >= 11 is 1.35. The van der Waals surface area contributed by atoms with E-state index in [2.05, 4.69) is 15.5 Å². The highest BCUT2D eigenvalue weighted by atomic mass is 32.1. The molecule has 0 bridgehead atoms. The molecule has 0 unspecified atom stereocenters. The molecule has 3 N–H and O–H groups in total. The van der Waals surface area contributed by atoms with Crippen molar-refractivity contribution < 1.29 is 9.53 Å². The number of nitrogen functional groups attached to an aromatic ring is 1. The summed E-state index contributed by atoms with van der Waals surface area (Å²) in [5.74, 6) is 0.906. The fourth-order valence-corrected chi connectivity index (χ4v) is 3.13. The molecule has 3 rings (SSSR count). The van der Waals surface area contributed by atoms with Gasteiger partial charge in [-0.15, -0.1) is 10.2 Å². The minimum atomic E-state index is -0.0526. The van der Waals surface area contributed by atoms with E-state index >= 15 is 0 Å². The van der Waals surface area contributed by atoms with Gasteiger partial charge in [0.05, 0.1) is 6.61 Å². The van der Waals surface area contributed by atoms with Gasteiger partial charge in [0.2, 0.25) is 11.0 Å². The van der Waals surface area contributed by atoms with Crippen molar-refractivity contribution in [1.82, 2.24) is 15.5 Å². The van der Waals surface area contributed by atoms with Gasteiger partial charge >= 0.3 is 0 Å². The number of nitrogens with zero attached hydrogens (tertiary/aromatic N) is 2. The molecular weight excluding hydrogens is 300 g/mol.